The van der Waals surface area contributed by atoms with Crippen LogP contribution >= 0.6 is 0 Å². The predicted octanol–water partition coefficient (Wildman–Crippen LogP) is 16.4. The molecule has 10 rings (SSSR count). The summed E-state index contributed by atoms with van der Waals surface area (Å²) in [4.78, 5) is 2.40. The number of anilines is 3. The molecular formula is C65H72BNO. The smallest absolute Gasteiger partial charge is 0.253 e. The van der Waals surface area contributed by atoms with Gasteiger partial charge in [-0.25, -0.2) is 0 Å². The van der Waals surface area contributed by atoms with E-state index in [0.29, 0.717) is 0 Å². The number of nitrogens with zero attached hydrogens (tertiary/aromatic N) is 1. The molecule has 0 radical (unpaired) electrons. The van der Waals surface area contributed by atoms with Gasteiger partial charge in [0, 0.05) is 22.2 Å². The number of furan rings is 1. The van der Waals surface area contributed by atoms with Gasteiger partial charge in [0.05, 0.1) is 0 Å². The summed E-state index contributed by atoms with van der Waals surface area (Å²) in [6.07, 6.45) is 7.11. The van der Waals surface area contributed by atoms with Crippen LogP contribution in [0.1, 0.15) is 165 Å². The third-order valence-corrected chi connectivity index (χ3v) is 16.0. The highest BCUT2D eigenvalue weighted by molar-refractivity contribution is 7.00. The molecule has 1 aromatic heterocycles. The van der Waals surface area contributed by atoms with E-state index in [-0.39, 0.29) is 33.8 Å². The highest BCUT2D eigenvalue weighted by Crippen LogP contribution is 2.53. The molecule has 346 valence electrons. The Morgan fingerprint density at radius 1 is 0.632 bits per heavy atom. The van der Waals surface area contributed by atoms with Crippen molar-refractivity contribution >= 4 is 69.1 Å². The molecule has 3 heteroatoms. The van der Waals surface area contributed by atoms with Crippen LogP contribution in [0.2, 0.25) is 0 Å². The van der Waals surface area contributed by atoms with Crippen LogP contribution in [0.25, 0.3) is 50.9 Å². The molecule has 0 amide bonds. The summed E-state index contributed by atoms with van der Waals surface area (Å²) in [5.41, 5.74) is 26.5. The molecule has 1 aliphatic carbocycles. The molecule has 68 heavy (non-hydrogen) atoms. The summed E-state index contributed by atoms with van der Waals surface area (Å²) in [5, 5.41) is 1.18. The van der Waals surface area contributed by atoms with Crippen molar-refractivity contribution in [2.45, 2.75) is 151 Å². The zero-order chi connectivity index (χ0) is 48.8. The number of rotatable bonds is 4. The summed E-state index contributed by atoms with van der Waals surface area (Å²) in [6, 6.07) is 38.1. The first kappa shape index (κ1) is 46.0. The van der Waals surface area contributed by atoms with Gasteiger partial charge in [-0.15, -0.1) is 0 Å². The summed E-state index contributed by atoms with van der Waals surface area (Å²) >= 11 is 0. The van der Waals surface area contributed by atoms with E-state index in [1.807, 2.05) is 0 Å². The number of aryl methyl sites for hydroxylation is 2. The zero-order valence-corrected chi connectivity index (χ0v) is 43.9. The minimum absolute atomic E-state index is 0.0106. The van der Waals surface area contributed by atoms with Crippen LogP contribution in [-0.2, 0) is 27.1 Å². The maximum Gasteiger partial charge on any atom is 0.253 e. The van der Waals surface area contributed by atoms with Crippen molar-refractivity contribution in [3.05, 3.63) is 159 Å². The van der Waals surface area contributed by atoms with Crippen LogP contribution in [0.4, 0.5) is 17.3 Å². The van der Waals surface area contributed by atoms with Gasteiger partial charge >= 0.3 is 0 Å². The second-order valence-electron chi connectivity index (χ2n) is 25.3. The SMILES string of the molecule is C=C(C)c1cc2c3c(c1)N(c1ccc(C(C)(C)C)cc1)c1oc4ccc(C)cc4c1B3c1cc(C(C)(C)C)c(-c3cc(-c4cc(C(C)(C)C)ccc4C)cc4c3C(C)(C)CCC4(C)C)cc1C=C2. The fourth-order valence-electron chi connectivity index (χ4n) is 11.7. The summed E-state index contributed by atoms with van der Waals surface area (Å²) in [7, 11) is 0. The molecule has 0 saturated heterocycles. The molecule has 0 unspecified atom stereocenters. The van der Waals surface area contributed by atoms with Crippen LogP contribution in [0, 0.1) is 13.8 Å². The van der Waals surface area contributed by atoms with E-state index in [9.17, 15) is 0 Å². The molecule has 3 heterocycles. The molecule has 0 atom stereocenters. The Kier molecular flexibility index (Phi) is 10.4. The summed E-state index contributed by atoms with van der Waals surface area (Å²) in [6.45, 7) is 42.0. The lowest BCUT2D eigenvalue weighted by Crippen LogP contribution is -2.58. The van der Waals surface area contributed by atoms with Crippen LogP contribution < -0.4 is 21.3 Å². The van der Waals surface area contributed by atoms with Crippen LogP contribution in [0.5, 0.6) is 0 Å². The molecule has 0 saturated carbocycles. The van der Waals surface area contributed by atoms with Crippen LogP contribution in [0.3, 0.4) is 0 Å². The molecule has 3 aliphatic rings. The number of hydrogen-bond acceptors (Lipinski definition) is 2. The average Bonchev–Trinajstić information content (AvgIpc) is 3.54. The largest absolute Gasteiger partial charge is 0.440 e. The molecule has 0 fully saturated rings. The van der Waals surface area contributed by atoms with E-state index < -0.39 is 0 Å². The lowest BCUT2D eigenvalue weighted by Gasteiger charge is -2.44. The Morgan fingerprint density at radius 2 is 1.29 bits per heavy atom. The third-order valence-electron chi connectivity index (χ3n) is 16.0. The van der Waals surface area contributed by atoms with Crippen molar-refractivity contribution < 1.29 is 4.42 Å². The standard InChI is InChI=1S/C65H72BNO/c1-38(2)43-31-42-21-20-41-32-49(50-33-44(48-36-46(62(8,9)10)22-19-40(48)4)34-53-57(50)65(16,17)29-28-64(53,14)15)52(63(11,12)13)37-54(41)66-58(42)55(35-43)67(47-25-23-45(24-26-47)61(5,6)7)60-59(66)51-30-39(3)18-27-56(51)68-60/h18-27,30-37H,1,28-29H2,2-17H3. The maximum absolute atomic E-state index is 7.19. The Hall–Kier alpha value is -5.80. The molecular weight excluding hydrogens is 822 g/mol. The van der Waals surface area contributed by atoms with Gasteiger partial charge in [-0.3, -0.25) is 4.90 Å². The van der Waals surface area contributed by atoms with E-state index in [1.54, 1.807) is 0 Å². The van der Waals surface area contributed by atoms with E-state index in [0.717, 1.165) is 46.8 Å². The first-order valence-electron chi connectivity index (χ1n) is 25.2. The summed E-state index contributed by atoms with van der Waals surface area (Å²) in [5.74, 6) is 0.893. The van der Waals surface area contributed by atoms with Gasteiger partial charge in [0.25, 0.3) is 6.71 Å². The van der Waals surface area contributed by atoms with Gasteiger partial charge in [-0.1, -0.05) is 174 Å². The van der Waals surface area contributed by atoms with Crippen molar-refractivity contribution in [3.63, 3.8) is 0 Å². The van der Waals surface area contributed by atoms with Crippen molar-refractivity contribution in [3.8, 4) is 22.3 Å². The molecule has 2 nitrogen and oxygen atoms in total. The van der Waals surface area contributed by atoms with E-state index in [4.69, 9.17) is 4.42 Å². The first-order valence-corrected chi connectivity index (χ1v) is 25.2. The second kappa shape index (κ2) is 15.4. The van der Waals surface area contributed by atoms with E-state index >= 15 is 0 Å². The molecule has 0 bridgehead atoms. The Balaban J connectivity index is 1.30. The third kappa shape index (κ3) is 7.46. The Bertz CT molecular complexity index is 3270. The molecule has 0 N–H and O–H groups in total. The molecule has 2 aliphatic heterocycles. The average molecular weight is 894 g/mol. The summed E-state index contributed by atoms with van der Waals surface area (Å²) < 4.78 is 7.19. The maximum atomic E-state index is 7.19. The highest BCUT2D eigenvalue weighted by atomic mass is 16.4. The van der Waals surface area contributed by atoms with Gasteiger partial charge in [-0.2, -0.15) is 0 Å². The fourth-order valence-corrected chi connectivity index (χ4v) is 11.7. The van der Waals surface area contributed by atoms with Crippen molar-refractivity contribution in [2.24, 2.45) is 0 Å². The van der Waals surface area contributed by atoms with Crippen LogP contribution in [-0.4, -0.2) is 6.71 Å². The van der Waals surface area contributed by atoms with Crippen molar-refractivity contribution in [1.82, 2.24) is 0 Å². The van der Waals surface area contributed by atoms with Gasteiger partial charge in [0.2, 0.25) is 5.88 Å². The fraction of sp³-hybridized carbons (Fsp3) is 0.354. The highest BCUT2D eigenvalue weighted by Gasteiger charge is 2.45. The zero-order valence-electron chi connectivity index (χ0n) is 43.9. The van der Waals surface area contributed by atoms with Crippen LogP contribution in [0.15, 0.2) is 108 Å². The first-order chi connectivity index (χ1) is 31.7. The lowest BCUT2D eigenvalue weighted by molar-refractivity contribution is 0.333. The van der Waals surface area contributed by atoms with Crippen molar-refractivity contribution in [2.75, 3.05) is 4.90 Å². The minimum Gasteiger partial charge on any atom is -0.440 e. The predicted molar refractivity (Wildman–Crippen MR) is 297 cm³/mol. The lowest BCUT2D eigenvalue weighted by atomic mass is 9.34. The Morgan fingerprint density at radius 3 is 1.96 bits per heavy atom. The molecule has 6 aromatic carbocycles. The normalized spacial score (nSPS) is 16.0. The number of benzene rings is 6. The monoisotopic (exact) mass is 894 g/mol. The Labute approximate surface area is 408 Å². The second-order valence-corrected chi connectivity index (χ2v) is 25.3. The quantitative estimate of drug-likeness (QED) is 0.164. The van der Waals surface area contributed by atoms with Crippen molar-refractivity contribution in [1.29, 1.82) is 0 Å². The van der Waals surface area contributed by atoms with E-state index in [2.05, 4.69) is 231 Å². The molecule has 7 aromatic rings. The molecule has 0 spiro atoms. The topological polar surface area (TPSA) is 16.4 Å². The number of fused-ring (bicyclic) bond motifs is 7. The van der Waals surface area contributed by atoms with Gasteiger partial charge in [0.15, 0.2) is 0 Å². The number of allylic oxidation sites excluding steroid dienone is 1. The number of hydrogen-bond donors (Lipinski definition) is 0. The van der Waals surface area contributed by atoms with Gasteiger partial charge in [-0.05, 0) is 187 Å². The minimum atomic E-state index is -0.178. The van der Waals surface area contributed by atoms with Gasteiger partial charge in [0.1, 0.15) is 5.58 Å². The van der Waals surface area contributed by atoms with Gasteiger partial charge < -0.3 is 4.42 Å². The van der Waals surface area contributed by atoms with E-state index in [1.165, 1.54) is 94.1 Å².